The molecule has 3 aliphatic rings. The molecule has 45 heavy (non-hydrogen) atoms. The largest absolute Gasteiger partial charge is 0.463 e. The van der Waals surface area contributed by atoms with E-state index in [2.05, 4.69) is 0 Å². The lowest BCUT2D eigenvalue weighted by Crippen LogP contribution is -2.41. The fourth-order valence-electron chi connectivity index (χ4n) is 5.27. The molecule has 0 bridgehead atoms. The van der Waals surface area contributed by atoms with E-state index in [1.165, 1.54) is 27.7 Å². The second-order valence-corrected chi connectivity index (χ2v) is 14.5. The van der Waals surface area contributed by atoms with Gasteiger partial charge in [-0.2, -0.15) is 0 Å². The Morgan fingerprint density at radius 2 is 0.978 bits per heavy atom. The van der Waals surface area contributed by atoms with Crippen LogP contribution in [0.15, 0.2) is 0 Å². The van der Waals surface area contributed by atoms with Crippen molar-refractivity contribution in [1.29, 1.82) is 0 Å². The van der Waals surface area contributed by atoms with Crippen LogP contribution in [0.3, 0.4) is 0 Å². The summed E-state index contributed by atoms with van der Waals surface area (Å²) in [5.74, 6) is 0.537. The molecule has 3 heterocycles. The molecule has 9 unspecified atom stereocenters. The monoisotopic (exact) mass is 697 g/mol. The van der Waals surface area contributed by atoms with Crippen LogP contribution in [0.2, 0.25) is 0 Å². The minimum Gasteiger partial charge on any atom is -0.463 e. The van der Waals surface area contributed by atoms with Crippen LogP contribution in [0.1, 0.15) is 80.1 Å². The maximum atomic E-state index is 11.8. The van der Waals surface area contributed by atoms with E-state index in [-0.39, 0.29) is 77.4 Å². The number of thioether (sulfide) groups is 3. The van der Waals surface area contributed by atoms with Crippen LogP contribution in [-0.4, -0.2) is 107 Å². The van der Waals surface area contributed by atoms with Gasteiger partial charge in [0.05, 0.1) is 18.3 Å². The van der Waals surface area contributed by atoms with Crippen LogP contribution in [0.5, 0.6) is 0 Å². The number of carbonyl (C=O) groups is 4. The maximum absolute atomic E-state index is 11.8. The van der Waals surface area contributed by atoms with Crippen LogP contribution in [0.25, 0.3) is 0 Å². The van der Waals surface area contributed by atoms with Gasteiger partial charge >= 0.3 is 23.9 Å². The summed E-state index contributed by atoms with van der Waals surface area (Å²) in [5, 5.41) is 0. The quantitative estimate of drug-likeness (QED) is 0.205. The molecular formula is C30H51NO11S3. The van der Waals surface area contributed by atoms with Crippen molar-refractivity contribution >= 4 is 59.2 Å². The second kappa shape index (κ2) is 21.6. The molecule has 0 spiro atoms. The van der Waals surface area contributed by atoms with Gasteiger partial charge in [-0.05, 0) is 0 Å². The van der Waals surface area contributed by atoms with Crippen LogP contribution >= 0.6 is 35.3 Å². The summed E-state index contributed by atoms with van der Waals surface area (Å²) in [6, 6.07) is 0. The molecule has 260 valence electrons. The van der Waals surface area contributed by atoms with Crippen LogP contribution < -0.4 is 5.73 Å². The molecule has 0 saturated carbocycles. The van der Waals surface area contributed by atoms with Gasteiger partial charge in [0.2, 0.25) is 0 Å². The summed E-state index contributed by atoms with van der Waals surface area (Å²) in [5.41, 5.74) is 5.05. The van der Waals surface area contributed by atoms with Crippen molar-refractivity contribution in [3.8, 4) is 0 Å². The first-order valence-corrected chi connectivity index (χ1v) is 18.8. The highest BCUT2D eigenvalue weighted by Gasteiger charge is 2.37. The lowest BCUT2D eigenvalue weighted by Gasteiger charge is -2.38. The number of nitrogens with two attached hydrogens (primary N) is 1. The molecule has 12 nitrogen and oxygen atoms in total. The van der Waals surface area contributed by atoms with Crippen molar-refractivity contribution in [1.82, 2.24) is 0 Å². The van der Waals surface area contributed by atoms with Gasteiger partial charge in [0, 0.05) is 90.0 Å². The summed E-state index contributed by atoms with van der Waals surface area (Å²) >= 11 is 4.77. The predicted octanol–water partition coefficient (Wildman–Crippen LogP) is 4.04. The Balaban J connectivity index is 0.00000345. The summed E-state index contributed by atoms with van der Waals surface area (Å²) in [6.07, 6.45) is 1.71. The molecule has 0 amide bonds. The van der Waals surface area contributed by atoms with Gasteiger partial charge in [0.1, 0.15) is 41.2 Å². The fraction of sp³-hybridized carbons (Fsp3) is 0.867. The zero-order valence-electron chi connectivity index (χ0n) is 27.3. The number of rotatable bonds is 14. The number of carbonyl (C=O) groups excluding carboxylic acids is 4. The van der Waals surface area contributed by atoms with Crippen molar-refractivity contribution in [3.63, 3.8) is 0 Å². The Kier molecular flexibility index (Phi) is 19.2. The number of esters is 4. The molecular weight excluding hydrogens is 647 g/mol. The smallest absolute Gasteiger partial charge is 0.302 e. The summed E-state index contributed by atoms with van der Waals surface area (Å²) in [6.45, 7) is 10.2. The van der Waals surface area contributed by atoms with Crippen molar-refractivity contribution < 1.29 is 52.3 Å². The average molecular weight is 698 g/mol. The van der Waals surface area contributed by atoms with Gasteiger partial charge in [0.15, 0.2) is 0 Å². The van der Waals surface area contributed by atoms with Crippen LogP contribution in [0, 0.1) is 0 Å². The van der Waals surface area contributed by atoms with Crippen molar-refractivity contribution in [2.75, 3.05) is 30.4 Å². The minimum absolute atomic E-state index is 0.0878. The van der Waals surface area contributed by atoms with E-state index in [1.807, 2.05) is 13.8 Å². The topological polar surface area (TPSA) is 159 Å². The lowest BCUT2D eigenvalue weighted by molar-refractivity contribution is -0.162. The maximum Gasteiger partial charge on any atom is 0.302 e. The van der Waals surface area contributed by atoms with Gasteiger partial charge < -0.3 is 38.9 Å². The van der Waals surface area contributed by atoms with Crippen LogP contribution in [0.4, 0.5) is 0 Å². The van der Waals surface area contributed by atoms with E-state index in [1.54, 1.807) is 35.3 Å². The average Bonchev–Trinajstić information content (AvgIpc) is 2.97. The van der Waals surface area contributed by atoms with E-state index in [4.69, 9.17) is 38.9 Å². The van der Waals surface area contributed by atoms with E-state index < -0.39 is 5.97 Å². The molecule has 3 fully saturated rings. The first-order chi connectivity index (χ1) is 21.5. The Hall–Kier alpha value is -1.23. The summed E-state index contributed by atoms with van der Waals surface area (Å²) in [7, 11) is 0. The third kappa shape index (κ3) is 16.4. The lowest BCUT2D eigenvalue weighted by atomic mass is 10.1. The highest BCUT2D eigenvalue weighted by molar-refractivity contribution is 8.00. The van der Waals surface area contributed by atoms with E-state index in [9.17, 15) is 19.2 Å². The zero-order valence-corrected chi connectivity index (χ0v) is 29.7. The first-order valence-electron chi connectivity index (χ1n) is 15.6. The van der Waals surface area contributed by atoms with Crippen molar-refractivity contribution in [2.24, 2.45) is 5.73 Å². The van der Waals surface area contributed by atoms with Gasteiger partial charge in [-0.1, -0.05) is 13.8 Å². The Bertz CT molecular complexity index is 930. The standard InChI is InChI=1S/C28H45NO11S3.C2H6/c1-16(30)34-13-23-7-20(35-17(2)31)11-27(38-23)42-15-25-9-22(37-19(4)33)12-28(40-25)43-14-24-8-21(36-18(3)32)10-26(39-24)41-6-5-29;1-2/h20-28H,5-15,29H2,1-4H3;1-2H3. The number of hydrogen-bond donors (Lipinski definition) is 1. The SMILES string of the molecule is CC.CC(=O)OCC1CC(OC(C)=O)CC(SCC2CC(OC(C)=O)CC(SCC3CC(OC(C)=O)CC(SCCN)O3)O2)O1. The molecule has 0 aromatic rings. The highest BCUT2D eigenvalue weighted by Crippen LogP contribution is 2.37. The molecule has 3 rings (SSSR count). The number of ether oxygens (including phenoxy) is 7. The molecule has 0 radical (unpaired) electrons. The highest BCUT2D eigenvalue weighted by atomic mass is 32.2. The van der Waals surface area contributed by atoms with Crippen molar-refractivity contribution in [3.05, 3.63) is 0 Å². The second-order valence-electron chi connectivity index (χ2n) is 10.8. The molecule has 2 N–H and O–H groups in total. The number of hydrogen-bond acceptors (Lipinski definition) is 15. The first kappa shape index (κ1) is 39.9. The third-order valence-corrected chi connectivity index (χ3v) is 10.4. The molecule has 3 saturated heterocycles. The van der Waals surface area contributed by atoms with Crippen LogP contribution in [-0.2, 0) is 52.3 Å². The Labute approximate surface area is 279 Å². The van der Waals surface area contributed by atoms with E-state index in [0.717, 1.165) is 5.75 Å². The van der Waals surface area contributed by atoms with Gasteiger partial charge in [-0.25, -0.2) is 0 Å². The van der Waals surface area contributed by atoms with E-state index >= 15 is 0 Å². The fourth-order valence-corrected chi connectivity index (χ4v) is 8.71. The minimum atomic E-state index is -0.400. The molecule has 15 heteroatoms. The molecule has 3 aliphatic heterocycles. The molecule has 0 aromatic carbocycles. The molecule has 0 aromatic heterocycles. The van der Waals surface area contributed by atoms with Crippen molar-refractivity contribution in [2.45, 2.75) is 133 Å². The summed E-state index contributed by atoms with van der Waals surface area (Å²) < 4.78 is 40.6. The normalized spacial score (nSPS) is 31.5. The predicted molar refractivity (Wildman–Crippen MR) is 175 cm³/mol. The summed E-state index contributed by atoms with van der Waals surface area (Å²) in [4.78, 5) is 46.3. The van der Waals surface area contributed by atoms with Gasteiger partial charge in [-0.15, -0.1) is 35.3 Å². The van der Waals surface area contributed by atoms with Gasteiger partial charge in [0.25, 0.3) is 0 Å². The molecule has 0 aliphatic carbocycles. The Morgan fingerprint density at radius 1 is 0.600 bits per heavy atom. The molecule has 9 atom stereocenters. The van der Waals surface area contributed by atoms with Gasteiger partial charge in [-0.3, -0.25) is 19.2 Å². The third-order valence-electron chi connectivity index (χ3n) is 6.80. The van der Waals surface area contributed by atoms with E-state index in [0.29, 0.717) is 56.6 Å². The Morgan fingerprint density at radius 3 is 1.36 bits per heavy atom. The zero-order chi connectivity index (χ0) is 33.4.